The van der Waals surface area contributed by atoms with Gasteiger partial charge < -0.3 is 24.2 Å². The molecular formula is C34H42ClN3O8S. The molecule has 1 atom stereocenters. The van der Waals surface area contributed by atoms with Crippen LogP contribution in [-0.4, -0.2) is 73.1 Å². The van der Waals surface area contributed by atoms with Gasteiger partial charge >= 0.3 is 6.09 Å². The van der Waals surface area contributed by atoms with E-state index in [1.165, 1.54) is 11.1 Å². The number of hydrogen-bond donors (Lipinski definition) is 2. The molecule has 0 spiro atoms. The van der Waals surface area contributed by atoms with Gasteiger partial charge in [0.05, 0.1) is 37.1 Å². The van der Waals surface area contributed by atoms with Crippen molar-refractivity contribution in [2.24, 2.45) is 0 Å². The Kier molecular flexibility index (Phi) is 12.1. The van der Waals surface area contributed by atoms with Gasteiger partial charge in [-0.05, 0) is 87.9 Å². The number of benzene rings is 2. The third-order valence-corrected chi connectivity index (χ3v) is 8.13. The molecule has 2 aromatic carbocycles. The lowest BCUT2D eigenvalue weighted by atomic mass is 9.97. The molecule has 13 heteroatoms. The summed E-state index contributed by atoms with van der Waals surface area (Å²) in [6, 6.07) is 15.6. The molecule has 1 aromatic heterocycles. The molecule has 0 radical (unpaired) electrons. The van der Waals surface area contributed by atoms with Gasteiger partial charge in [0.25, 0.3) is 5.91 Å². The molecule has 11 nitrogen and oxygen atoms in total. The second-order valence-corrected chi connectivity index (χ2v) is 14.7. The molecule has 0 bridgehead atoms. The molecule has 1 saturated carbocycles. The van der Waals surface area contributed by atoms with E-state index in [9.17, 15) is 23.1 Å². The second-order valence-electron chi connectivity index (χ2n) is 12.5. The van der Waals surface area contributed by atoms with E-state index in [4.69, 9.17) is 25.8 Å². The van der Waals surface area contributed by atoms with Crippen LogP contribution in [0.1, 0.15) is 74.9 Å². The van der Waals surface area contributed by atoms with Gasteiger partial charge in [0.15, 0.2) is 0 Å². The highest BCUT2D eigenvalue weighted by Crippen LogP contribution is 2.32. The average Bonchev–Trinajstić information content (AvgIpc) is 3.00. The van der Waals surface area contributed by atoms with Crippen LogP contribution in [0.4, 0.5) is 4.79 Å². The van der Waals surface area contributed by atoms with E-state index >= 15 is 0 Å². The second kappa shape index (κ2) is 15.8. The van der Waals surface area contributed by atoms with Crippen molar-refractivity contribution < 1.29 is 37.3 Å². The van der Waals surface area contributed by atoms with Gasteiger partial charge in [-0.15, -0.1) is 0 Å². The molecule has 2 N–H and O–H groups in total. The minimum atomic E-state index is -3.75. The zero-order chi connectivity index (χ0) is 34.2. The first-order chi connectivity index (χ1) is 22.2. The third kappa shape index (κ3) is 11.4. The van der Waals surface area contributed by atoms with Crippen molar-refractivity contribution in [2.45, 2.75) is 70.7 Å². The predicted molar refractivity (Wildman–Crippen MR) is 179 cm³/mol. The van der Waals surface area contributed by atoms with Gasteiger partial charge in [-0.2, -0.15) is 0 Å². The summed E-state index contributed by atoms with van der Waals surface area (Å²) < 4.78 is 43.2. The van der Waals surface area contributed by atoms with E-state index in [1.807, 2.05) is 16.9 Å². The average molecular weight is 688 g/mol. The molecule has 1 fully saturated rings. The number of nitrogens with zero attached hydrogens (tertiary/aromatic N) is 2. The van der Waals surface area contributed by atoms with Gasteiger partial charge in [-0.25, -0.2) is 22.9 Å². The molecule has 0 aliphatic heterocycles. The van der Waals surface area contributed by atoms with Crippen LogP contribution in [0.3, 0.4) is 0 Å². The van der Waals surface area contributed by atoms with Crippen LogP contribution in [0.2, 0.25) is 5.15 Å². The van der Waals surface area contributed by atoms with E-state index in [2.05, 4.69) is 4.98 Å². The normalized spacial score (nSPS) is 14.6. The Labute approximate surface area is 281 Å². The maximum atomic E-state index is 12.9. The number of halogens is 1. The fraction of sp³-hybridized carbons (Fsp3) is 0.441. The number of rotatable bonds is 12. The van der Waals surface area contributed by atoms with Gasteiger partial charge in [0, 0.05) is 11.8 Å². The quantitative estimate of drug-likeness (QED) is 0.214. The number of nitrogens with one attached hydrogen (secondary N) is 1. The lowest BCUT2D eigenvalue weighted by Gasteiger charge is -2.29. The fourth-order valence-electron chi connectivity index (χ4n) is 5.07. The molecule has 47 heavy (non-hydrogen) atoms. The first-order valence-electron chi connectivity index (χ1n) is 15.5. The molecule has 1 aliphatic carbocycles. The zero-order valence-corrected chi connectivity index (χ0v) is 28.6. The molecule has 0 unspecified atom stereocenters. The summed E-state index contributed by atoms with van der Waals surface area (Å²) >= 11 is 5.86. The zero-order valence-electron chi connectivity index (χ0n) is 27.1. The van der Waals surface area contributed by atoms with E-state index in [0.717, 1.165) is 49.5 Å². The van der Waals surface area contributed by atoms with Gasteiger partial charge in [-0.1, -0.05) is 42.3 Å². The number of aliphatic hydroxyl groups is 1. The number of aromatic nitrogens is 1. The molecule has 0 saturated heterocycles. The van der Waals surface area contributed by atoms with Crippen LogP contribution >= 0.6 is 11.6 Å². The number of sulfonamides is 1. The van der Waals surface area contributed by atoms with Crippen molar-refractivity contribution in [1.82, 2.24) is 14.6 Å². The summed E-state index contributed by atoms with van der Waals surface area (Å²) in [5.74, 6) is 0.143. The van der Waals surface area contributed by atoms with Crippen LogP contribution in [0.15, 0.2) is 60.8 Å². The summed E-state index contributed by atoms with van der Waals surface area (Å²) in [7, 11) is -3.75. The van der Waals surface area contributed by atoms with Crippen molar-refractivity contribution in [3.8, 4) is 22.6 Å². The van der Waals surface area contributed by atoms with Crippen molar-refractivity contribution >= 4 is 33.6 Å². The number of carbonyl (C=O) groups excluding carboxylic acids is 2. The first-order valence-corrected chi connectivity index (χ1v) is 17.8. The Morgan fingerprint density at radius 1 is 1.04 bits per heavy atom. The van der Waals surface area contributed by atoms with E-state index in [0.29, 0.717) is 22.2 Å². The number of pyridine rings is 1. The Hall–Kier alpha value is -3.87. The Morgan fingerprint density at radius 3 is 2.34 bits per heavy atom. The van der Waals surface area contributed by atoms with Gasteiger partial charge in [0.2, 0.25) is 10.0 Å². The molecule has 2 amide bonds. The molecular weight excluding hydrogens is 646 g/mol. The number of ether oxygens (including phenoxy) is 3. The molecule has 254 valence electrons. The minimum Gasteiger partial charge on any atom is -0.492 e. The highest BCUT2D eigenvalue weighted by molar-refractivity contribution is 7.89. The van der Waals surface area contributed by atoms with E-state index < -0.39 is 33.7 Å². The number of carbonyl (C=O) groups is 2. The highest BCUT2D eigenvalue weighted by atomic mass is 35.5. The van der Waals surface area contributed by atoms with Crippen LogP contribution in [0.25, 0.3) is 11.1 Å². The predicted octanol–water partition coefficient (Wildman–Crippen LogP) is 6.15. The molecule has 3 aromatic rings. The van der Waals surface area contributed by atoms with Crippen LogP contribution in [0, 0.1) is 0 Å². The minimum absolute atomic E-state index is 0.0377. The number of amides is 2. The Morgan fingerprint density at radius 2 is 1.72 bits per heavy atom. The standard InChI is InChI=1S/C34H42ClN3O8S/c1-34(2,3)46-33(41)38(22-29(39)25-13-17-31(35)36-21-25)18-19-44-26-14-10-23(11-15-26)24-12-16-28(32(40)37-47(4,42)43)30(20-24)45-27-8-6-5-7-9-27/h10-17,20-21,27,29,39H,5-9,18-19,22H2,1-4H3,(H,37,40)/t29-/m0/s1. The van der Waals surface area contributed by atoms with Crippen molar-refractivity contribution in [3.63, 3.8) is 0 Å². The lowest BCUT2D eigenvalue weighted by Crippen LogP contribution is -2.41. The van der Waals surface area contributed by atoms with Crippen molar-refractivity contribution in [2.75, 3.05) is 26.0 Å². The Balaban J connectivity index is 1.44. The molecule has 1 aliphatic rings. The first kappa shape index (κ1) is 36.0. The van der Waals surface area contributed by atoms with Gasteiger partial charge in [0.1, 0.15) is 28.9 Å². The SMILES string of the molecule is CC(C)(C)OC(=O)N(CCOc1ccc(-c2ccc(C(=O)NS(C)(=O)=O)c(OC3CCCCC3)c2)cc1)C[C@H](O)c1ccc(Cl)nc1. The largest absolute Gasteiger partial charge is 0.492 e. The fourth-order valence-corrected chi connectivity index (χ4v) is 5.63. The van der Waals surface area contributed by atoms with E-state index in [-0.39, 0.29) is 31.4 Å². The summed E-state index contributed by atoms with van der Waals surface area (Å²) in [5, 5.41) is 11.1. The monoisotopic (exact) mass is 687 g/mol. The van der Waals surface area contributed by atoms with Crippen LogP contribution in [0.5, 0.6) is 11.5 Å². The summed E-state index contributed by atoms with van der Waals surface area (Å²) in [6.07, 6.45) is 5.68. The maximum Gasteiger partial charge on any atom is 0.410 e. The molecule has 4 rings (SSSR count). The lowest BCUT2D eigenvalue weighted by molar-refractivity contribution is 0.0117. The summed E-state index contributed by atoms with van der Waals surface area (Å²) in [5.41, 5.74) is 1.54. The van der Waals surface area contributed by atoms with Crippen molar-refractivity contribution in [1.29, 1.82) is 0 Å². The topological polar surface area (TPSA) is 144 Å². The van der Waals surface area contributed by atoms with Crippen LogP contribution < -0.4 is 14.2 Å². The third-order valence-electron chi connectivity index (χ3n) is 7.35. The van der Waals surface area contributed by atoms with Gasteiger partial charge in [-0.3, -0.25) is 4.79 Å². The number of aliphatic hydroxyl groups excluding tert-OH is 1. The summed E-state index contributed by atoms with van der Waals surface area (Å²) in [6.45, 7) is 5.54. The van der Waals surface area contributed by atoms with Crippen LogP contribution in [-0.2, 0) is 14.8 Å². The smallest absolute Gasteiger partial charge is 0.410 e. The Bertz CT molecular complexity index is 1620. The maximum absolute atomic E-state index is 12.9. The van der Waals surface area contributed by atoms with E-state index in [1.54, 1.807) is 63.2 Å². The number of hydrogen-bond acceptors (Lipinski definition) is 9. The van der Waals surface area contributed by atoms with Crippen molar-refractivity contribution in [3.05, 3.63) is 77.1 Å². The summed E-state index contributed by atoms with van der Waals surface area (Å²) in [4.78, 5) is 31.1. The molecule has 1 heterocycles. The highest BCUT2D eigenvalue weighted by Gasteiger charge is 2.25.